The molecule has 31 heavy (non-hydrogen) atoms. The summed E-state index contributed by atoms with van der Waals surface area (Å²) < 4.78 is 34.7. The molecule has 0 aliphatic heterocycles. The van der Waals surface area contributed by atoms with Gasteiger partial charge < -0.3 is 25.0 Å². The fraction of sp³-hybridized carbons (Fsp3) is 0.333. The molecule has 0 spiro atoms. The number of nitrogens with zero attached hydrogens (tertiary/aromatic N) is 2. The Bertz CT molecular complexity index is 877. The second kappa shape index (κ2) is 12.9. The van der Waals surface area contributed by atoms with Gasteiger partial charge in [-0.2, -0.15) is 8.78 Å². The van der Waals surface area contributed by atoms with Crippen LogP contribution in [0.3, 0.4) is 0 Å². The second-order valence-electron chi connectivity index (χ2n) is 6.54. The van der Waals surface area contributed by atoms with Crippen molar-refractivity contribution in [2.45, 2.75) is 19.7 Å². The summed E-state index contributed by atoms with van der Waals surface area (Å²) in [5.41, 5.74) is 2.32. The lowest BCUT2D eigenvalue weighted by Crippen LogP contribution is -2.36. The molecule has 10 heteroatoms. The van der Waals surface area contributed by atoms with Crippen molar-refractivity contribution in [1.82, 2.24) is 15.5 Å². The van der Waals surface area contributed by atoms with E-state index >= 15 is 0 Å². The minimum Gasteiger partial charge on any atom is -0.493 e. The van der Waals surface area contributed by atoms with Gasteiger partial charge >= 0.3 is 6.61 Å². The smallest absolute Gasteiger partial charge is 0.387 e. The van der Waals surface area contributed by atoms with E-state index in [0.717, 1.165) is 11.1 Å². The van der Waals surface area contributed by atoms with E-state index in [1.54, 1.807) is 45.4 Å². The van der Waals surface area contributed by atoms with E-state index in [9.17, 15) is 13.6 Å². The van der Waals surface area contributed by atoms with Gasteiger partial charge in [-0.3, -0.25) is 9.79 Å². The van der Waals surface area contributed by atoms with Crippen LogP contribution < -0.4 is 20.1 Å². The Morgan fingerprint density at radius 2 is 1.61 bits per heavy atom. The minimum atomic E-state index is -2.93. The molecule has 0 saturated heterocycles. The first-order chi connectivity index (χ1) is 14.3. The number of benzene rings is 2. The zero-order chi connectivity index (χ0) is 22.1. The van der Waals surface area contributed by atoms with Gasteiger partial charge in [0.1, 0.15) is 0 Å². The summed E-state index contributed by atoms with van der Waals surface area (Å²) in [4.78, 5) is 17.6. The van der Waals surface area contributed by atoms with Crippen LogP contribution >= 0.6 is 24.0 Å². The van der Waals surface area contributed by atoms with Crippen LogP contribution in [0.25, 0.3) is 0 Å². The third kappa shape index (κ3) is 8.19. The van der Waals surface area contributed by atoms with E-state index in [1.807, 2.05) is 12.1 Å². The number of rotatable bonds is 8. The summed E-state index contributed by atoms with van der Waals surface area (Å²) >= 11 is 0. The molecule has 170 valence electrons. The Morgan fingerprint density at radius 1 is 1.03 bits per heavy atom. The quantitative estimate of drug-likeness (QED) is 0.300. The van der Waals surface area contributed by atoms with E-state index in [2.05, 4.69) is 20.4 Å². The summed E-state index contributed by atoms with van der Waals surface area (Å²) in [7, 11) is 6.44. The Labute approximate surface area is 197 Å². The van der Waals surface area contributed by atoms with Crippen LogP contribution in [0, 0.1) is 0 Å². The fourth-order valence-corrected chi connectivity index (χ4v) is 2.63. The molecule has 0 unspecified atom stereocenters. The summed E-state index contributed by atoms with van der Waals surface area (Å²) in [5, 5.41) is 6.28. The van der Waals surface area contributed by atoms with E-state index in [-0.39, 0.29) is 41.4 Å². The molecule has 0 fully saturated rings. The summed E-state index contributed by atoms with van der Waals surface area (Å²) in [6.45, 7) is -2.09. The van der Waals surface area contributed by atoms with Crippen molar-refractivity contribution < 1.29 is 23.0 Å². The maximum atomic E-state index is 12.6. The number of carbonyl (C=O) groups excluding carboxylic acids is 1. The maximum Gasteiger partial charge on any atom is 0.387 e. The monoisotopic (exact) mass is 548 g/mol. The van der Waals surface area contributed by atoms with Crippen LogP contribution in [0.15, 0.2) is 47.5 Å². The van der Waals surface area contributed by atoms with E-state index in [0.29, 0.717) is 24.6 Å². The van der Waals surface area contributed by atoms with Crippen LogP contribution in [0.2, 0.25) is 0 Å². The van der Waals surface area contributed by atoms with Crippen LogP contribution in [-0.4, -0.2) is 51.6 Å². The number of alkyl halides is 2. The number of carbonyl (C=O) groups is 1. The van der Waals surface area contributed by atoms with Crippen LogP contribution in [-0.2, 0) is 13.1 Å². The Hall–Kier alpha value is -2.63. The zero-order valence-corrected chi connectivity index (χ0v) is 20.1. The van der Waals surface area contributed by atoms with Crippen LogP contribution in [0.1, 0.15) is 21.5 Å². The number of ether oxygens (including phenoxy) is 2. The number of methoxy groups -OCH3 is 1. The standard InChI is InChI=1S/C21H26F2N4O3.HI/c1-24-21(25-12-14-5-8-16(9-6-14)19(28)27(2)3)26-13-15-7-10-17(29-4)18(11-15)30-20(22)23;/h5-11,20H,12-13H2,1-4H3,(H2,24,25,26);1H. The van der Waals surface area contributed by atoms with Gasteiger partial charge in [-0.15, -0.1) is 24.0 Å². The number of amides is 1. The van der Waals surface area contributed by atoms with Gasteiger partial charge in [-0.05, 0) is 35.4 Å². The fourth-order valence-electron chi connectivity index (χ4n) is 2.63. The molecule has 2 aromatic carbocycles. The Morgan fingerprint density at radius 3 is 2.13 bits per heavy atom. The summed E-state index contributed by atoms with van der Waals surface area (Å²) in [6, 6.07) is 12.1. The van der Waals surface area contributed by atoms with Gasteiger partial charge in [0.15, 0.2) is 17.5 Å². The highest BCUT2D eigenvalue weighted by Gasteiger charge is 2.12. The van der Waals surface area contributed by atoms with Crippen molar-refractivity contribution in [2.75, 3.05) is 28.3 Å². The zero-order valence-electron chi connectivity index (χ0n) is 17.8. The predicted octanol–water partition coefficient (Wildman–Crippen LogP) is 3.48. The van der Waals surface area contributed by atoms with Crippen molar-refractivity contribution >= 4 is 35.8 Å². The van der Waals surface area contributed by atoms with Crippen molar-refractivity contribution in [1.29, 1.82) is 0 Å². The molecule has 7 nitrogen and oxygen atoms in total. The van der Waals surface area contributed by atoms with E-state index < -0.39 is 6.61 Å². The van der Waals surface area contributed by atoms with Crippen LogP contribution in [0.4, 0.5) is 8.78 Å². The highest BCUT2D eigenvalue weighted by atomic mass is 127. The molecule has 0 saturated carbocycles. The molecular weight excluding hydrogens is 521 g/mol. The molecule has 0 heterocycles. The van der Waals surface area contributed by atoms with Crippen molar-refractivity contribution in [3.8, 4) is 11.5 Å². The molecule has 0 aromatic heterocycles. The normalized spacial score (nSPS) is 10.9. The molecule has 0 aliphatic rings. The lowest BCUT2D eigenvalue weighted by molar-refractivity contribution is -0.0512. The first kappa shape index (κ1) is 26.4. The summed E-state index contributed by atoms with van der Waals surface area (Å²) in [5.74, 6) is 0.692. The van der Waals surface area contributed by atoms with Gasteiger partial charge in [0.05, 0.1) is 7.11 Å². The van der Waals surface area contributed by atoms with Crippen LogP contribution in [0.5, 0.6) is 11.5 Å². The number of nitrogens with one attached hydrogen (secondary N) is 2. The SMILES string of the molecule is CN=C(NCc1ccc(C(=O)N(C)C)cc1)NCc1ccc(OC)c(OC(F)F)c1.I. The molecule has 1 amide bonds. The van der Waals surface area contributed by atoms with Gasteiger partial charge in [0.2, 0.25) is 0 Å². The third-order valence-corrected chi connectivity index (χ3v) is 4.19. The van der Waals surface area contributed by atoms with Gasteiger partial charge in [0, 0.05) is 39.8 Å². The van der Waals surface area contributed by atoms with Gasteiger partial charge in [-0.25, -0.2) is 0 Å². The molecule has 2 aromatic rings. The van der Waals surface area contributed by atoms with Gasteiger partial charge in [0.25, 0.3) is 5.91 Å². The van der Waals surface area contributed by atoms with E-state index in [4.69, 9.17) is 4.74 Å². The Balaban J connectivity index is 0.00000480. The topological polar surface area (TPSA) is 75.2 Å². The number of hydrogen-bond acceptors (Lipinski definition) is 4. The lowest BCUT2D eigenvalue weighted by Gasteiger charge is -2.14. The van der Waals surface area contributed by atoms with E-state index in [1.165, 1.54) is 18.1 Å². The molecule has 0 bridgehead atoms. The van der Waals surface area contributed by atoms with Crippen molar-refractivity contribution in [3.05, 3.63) is 59.2 Å². The molecule has 2 rings (SSSR count). The van der Waals surface area contributed by atoms with Crippen molar-refractivity contribution in [2.24, 2.45) is 4.99 Å². The van der Waals surface area contributed by atoms with Crippen molar-refractivity contribution in [3.63, 3.8) is 0 Å². The lowest BCUT2D eigenvalue weighted by atomic mass is 10.1. The number of halogens is 3. The molecule has 0 aliphatic carbocycles. The highest BCUT2D eigenvalue weighted by molar-refractivity contribution is 14.0. The third-order valence-electron chi connectivity index (χ3n) is 4.19. The molecular formula is C21H27F2IN4O3. The molecule has 2 N–H and O–H groups in total. The first-order valence-electron chi connectivity index (χ1n) is 9.21. The first-order valence-corrected chi connectivity index (χ1v) is 9.21. The minimum absolute atomic E-state index is 0. The maximum absolute atomic E-state index is 12.6. The average molecular weight is 548 g/mol. The number of guanidine groups is 1. The second-order valence-corrected chi connectivity index (χ2v) is 6.54. The van der Waals surface area contributed by atoms with Gasteiger partial charge in [-0.1, -0.05) is 18.2 Å². The predicted molar refractivity (Wildman–Crippen MR) is 127 cm³/mol. The largest absolute Gasteiger partial charge is 0.493 e. The number of aliphatic imine (C=N–C) groups is 1. The Kier molecular flexibility index (Phi) is 11.0. The molecule has 0 atom stereocenters. The highest BCUT2D eigenvalue weighted by Crippen LogP contribution is 2.29. The summed E-state index contributed by atoms with van der Waals surface area (Å²) in [6.07, 6.45) is 0. The average Bonchev–Trinajstić information content (AvgIpc) is 2.73. The number of hydrogen-bond donors (Lipinski definition) is 2. The molecule has 0 radical (unpaired) electrons.